The third-order valence-corrected chi connectivity index (χ3v) is 15.5. The van der Waals surface area contributed by atoms with Crippen molar-refractivity contribution in [3.63, 3.8) is 0 Å². The van der Waals surface area contributed by atoms with Gasteiger partial charge in [0.2, 0.25) is 0 Å². The van der Waals surface area contributed by atoms with Crippen molar-refractivity contribution in [3.8, 4) is 0 Å². The molecular weight excluding hydrogens is 831 g/mol. The highest BCUT2D eigenvalue weighted by molar-refractivity contribution is 7.26. The average molecular weight is 870 g/mol. The summed E-state index contributed by atoms with van der Waals surface area (Å²) in [5, 5.41) is 7.97. The molecule has 0 radical (unpaired) electrons. The lowest BCUT2D eigenvalue weighted by atomic mass is 10.1. The van der Waals surface area contributed by atoms with Crippen LogP contribution in [0.2, 0.25) is 0 Å². The first-order chi connectivity index (χ1) is 31.6. The SMILES string of the molecule is C(=Cc1ccc2c(c1)sc1ccccc12)c1ccc(N(c2ccc(/C=C/c3ccc4c(c3)sc3ccccc34)cc2)c2ccc(/C=C/c3ccc4c(c3)sc3ccccc34)cc2)cc1. The van der Waals surface area contributed by atoms with Crippen molar-refractivity contribution in [1.29, 1.82) is 0 Å². The van der Waals surface area contributed by atoms with Gasteiger partial charge in [0.1, 0.15) is 0 Å². The Morgan fingerprint density at radius 1 is 0.234 bits per heavy atom. The Labute approximate surface area is 384 Å². The molecular formula is C60H39NS3. The number of nitrogens with zero attached hydrogens (tertiary/aromatic N) is 1. The fourth-order valence-corrected chi connectivity index (χ4v) is 12.2. The van der Waals surface area contributed by atoms with E-state index in [1.165, 1.54) is 77.2 Å². The molecule has 3 heterocycles. The fraction of sp³-hybridized carbons (Fsp3) is 0. The summed E-state index contributed by atoms with van der Waals surface area (Å²) >= 11 is 5.58. The summed E-state index contributed by atoms with van der Waals surface area (Å²) in [6.07, 6.45) is 13.3. The van der Waals surface area contributed by atoms with Gasteiger partial charge in [-0.05, 0) is 106 Å². The quantitative estimate of drug-likeness (QED) is 0.131. The minimum Gasteiger partial charge on any atom is -0.311 e. The van der Waals surface area contributed by atoms with Crippen LogP contribution in [-0.2, 0) is 0 Å². The molecule has 0 bridgehead atoms. The van der Waals surface area contributed by atoms with E-state index in [1.54, 1.807) is 0 Å². The molecule has 0 atom stereocenters. The Bertz CT molecular complexity index is 3370. The molecule has 302 valence electrons. The van der Waals surface area contributed by atoms with Crippen LogP contribution in [0.4, 0.5) is 17.1 Å². The number of fused-ring (bicyclic) bond motifs is 9. The topological polar surface area (TPSA) is 3.24 Å². The van der Waals surface area contributed by atoms with Crippen molar-refractivity contribution in [2.24, 2.45) is 0 Å². The average Bonchev–Trinajstić information content (AvgIpc) is 4.04. The van der Waals surface area contributed by atoms with Crippen LogP contribution >= 0.6 is 34.0 Å². The first kappa shape index (κ1) is 38.3. The Hall–Kier alpha value is -7.34. The van der Waals surface area contributed by atoms with E-state index in [1.807, 2.05) is 34.0 Å². The summed E-state index contributed by atoms with van der Waals surface area (Å²) in [5.41, 5.74) is 10.4. The normalized spacial score (nSPS) is 12.2. The molecule has 0 aliphatic heterocycles. The van der Waals surface area contributed by atoms with Crippen molar-refractivity contribution >= 4 is 148 Å². The summed E-state index contributed by atoms with van der Waals surface area (Å²) in [4.78, 5) is 2.34. The lowest BCUT2D eigenvalue weighted by Gasteiger charge is -2.26. The van der Waals surface area contributed by atoms with Crippen molar-refractivity contribution in [3.05, 3.63) is 234 Å². The minimum absolute atomic E-state index is 1.10. The summed E-state index contributed by atoms with van der Waals surface area (Å²) in [6.45, 7) is 0. The molecule has 3 aromatic heterocycles. The van der Waals surface area contributed by atoms with Gasteiger partial charge in [-0.1, -0.05) is 164 Å². The van der Waals surface area contributed by atoms with Gasteiger partial charge in [-0.25, -0.2) is 0 Å². The van der Waals surface area contributed by atoms with Crippen LogP contribution in [0.1, 0.15) is 33.4 Å². The molecule has 0 unspecified atom stereocenters. The number of benzene rings is 9. The minimum atomic E-state index is 1.10. The van der Waals surface area contributed by atoms with E-state index in [0.717, 1.165) is 33.8 Å². The van der Waals surface area contributed by atoms with E-state index < -0.39 is 0 Å². The number of thiophene rings is 3. The van der Waals surface area contributed by atoms with E-state index in [0.29, 0.717) is 0 Å². The zero-order valence-corrected chi connectivity index (χ0v) is 37.1. The van der Waals surface area contributed by atoms with Crippen LogP contribution < -0.4 is 4.90 Å². The molecule has 9 aromatic carbocycles. The second kappa shape index (κ2) is 16.4. The highest BCUT2D eigenvalue weighted by Crippen LogP contribution is 2.39. The number of hydrogen-bond donors (Lipinski definition) is 0. The molecule has 0 spiro atoms. The van der Waals surface area contributed by atoms with Crippen LogP contribution in [0, 0.1) is 0 Å². The van der Waals surface area contributed by atoms with E-state index in [2.05, 4.69) is 242 Å². The lowest BCUT2D eigenvalue weighted by Crippen LogP contribution is -2.09. The van der Waals surface area contributed by atoms with Crippen LogP contribution in [0.3, 0.4) is 0 Å². The Balaban J connectivity index is 0.823. The summed E-state index contributed by atoms with van der Waals surface area (Å²) in [5.74, 6) is 0. The van der Waals surface area contributed by atoms with Gasteiger partial charge in [0, 0.05) is 77.6 Å². The molecule has 0 saturated carbocycles. The highest BCUT2D eigenvalue weighted by atomic mass is 32.1. The van der Waals surface area contributed by atoms with Gasteiger partial charge in [0.15, 0.2) is 0 Å². The van der Waals surface area contributed by atoms with Crippen LogP contribution in [-0.4, -0.2) is 0 Å². The summed E-state index contributed by atoms with van der Waals surface area (Å²) in [6, 6.07) is 73.0. The van der Waals surface area contributed by atoms with E-state index in [9.17, 15) is 0 Å². The Morgan fingerprint density at radius 3 is 0.797 bits per heavy atom. The van der Waals surface area contributed by atoms with E-state index in [-0.39, 0.29) is 0 Å². The van der Waals surface area contributed by atoms with Gasteiger partial charge in [0.05, 0.1) is 0 Å². The van der Waals surface area contributed by atoms with Gasteiger partial charge >= 0.3 is 0 Å². The van der Waals surface area contributed by atoms with Gasteiger partial charge in [-0.3, -0.25) is 0 Å². The largest absolute Gasteiger partial charge is 0.311 e. The maximum Gasteiger partial charge on any atom is 0.0462 e. The molecule has 12 rings (SSSR count). The predicted molar refractivity (Wildman–Crippen MR) is 286 cm³/mol. The van der Waals surface area contributed by atoms with Crippen molar-refractivity contribution in [2.75, 3.05) is 4.90 Å². The smallest absolute Gasteiger partial charge is 0.0462 e. The maximum absolute atomic E-state index is 2.34. The molecule has 0 aliphatic rings. The molecule has 4 heteroatoms. The molecule has 0 fully saturated rings. The first-order valence-corrected chi connectivity index (χ1v) is 24.0. The van der Waals surface area contributed by atoms with Crippen LogP contribution in [0.5, 0.6) is 0 Å². The van der Waals surface area contributed by atoms with Crippen molar-refractivity contribution in [1.82, 2.24) is 0 Å². The van der Waals surface area contributed by atoms with Gasteiger partial charge in [-0.2, -0.15) is 0 Å². The van der Waals surface area contributed by atoms with Crippen LogP contribution in [0.25, 0.3) is 97.0 Å². The number of hydrogen-bond acceptors (Lipinski definition) is 4. The predicted octanol–water partition coefficient (Wildman–Crippen LogP) is 18.8. The van der Waals surface area contributed by atoms with Gasteiger partial charge < -0.3 is 4.90 Å². The fourth-order valence-electron chi connectivity index (χ4n) is 8.77. The molecule has 0 aliphatic carbocycles. The van der Waals surface area contributed by atoms with Gasteiger partial charge in [-0.15, -0.1) is 34.0 Å². The number of anilines is 3. The molecule has 0 amide bonds. The lowest BCUT2D eigenvalue weighted by molar-refractivity contribution is 1.28. The molecule has 1 nitrogen and oxygen atoms in total. The maximum atomic E-state index is 2.34. The van der Waals surface area contributed by atoms with Crippen molar-refractivity contribution in [2.45, 2.75) is 0 Å². The zero-order valence-electron chi connectivity index (χ0n) is 34.7. The second-order valence-electron chi connectivity index (χ2n) is 16.2. The highest BCUT2D eigenvalue weighted by Gasteiger charge is 2.13. The first-order valence-electron chi connectivity index (χ1n) is 21.5. The Kier molecular flexibility index (Phi) is 9.83. The summed E-state index contributed by atoms with van der Waals surface area (Å²) < 4.78 is 7.95. The Morgan fingerprint density at radius 2 is 0.484 bits per heavy atom. The van der Waals surface area contributed by atoms with Crippen molar-refractivity contribution < 1.29 is 0 Å². The third kappa shape index (κ3) is 7.42. The van der Waals surface area contributed by atoms with Crippen LogP contribution in [0.15, 0.2) is 200 Å². The van der Waals surface area contributed by atoms with Gasteiger partial charge in [0.25, 0.3) is 0 Å². The number of rotatable bonds is 9. The summed E-state index contributed by atoms with van der Waals surface area (Å²) in [7, 11) is 0. The monoisotopic (exact) mass is 869 g/mol. The zero-order chi connectivity index (χ0) is 42.4. The molecule has 0 saturated heterocycles. The molecule has 12 aromatic rings. The van der Waals surface area contributed by atoms with E-state index in [4.69, 9.17) is 0 Å². The molecule has 0 N–H and O–H groups in total. The van der Waals surface area contributed by atoms with E-state index >= 15 is 0 Å². The third-order valence-electron chi connectivity index (χ3n) is 12.1. The standard InChI is InChI=1S/C60H39NS3/c1-4-10-55-49(7-1)52-34-25-43(37-58(52)62-55)16-13-40-19-28-46(29-20-40)61(47-30-21-41(22-31-47)14-17-44-26-35-53-50-8-2-5-11-56(50)63-59(53)38-44)48-32-23-42(24-33-48)15-18-45-27-36-54-51-9-3-6-12-57(51)64-60(54)39-45/h1-39H/b16-13+,17-14+,18-15?. The second-order valence-corrected chi connectivity index (χ2v) is 19.4. The molecule has 64 heavy (non-hydrogen) atoms.